The van der Waals surface area contributed by atoms with E-state index >= 15 is 0 Å². The summed E-state index contributed by atoms with van der Waals surface area (Å²) in [6.07, 6.45) is 0. The topological polar surface area (TPSA) is 16.4 Å². The second-order valence-corrected chi connectivity index (χ2v) is 13.4. The van der Waals surface area contributed by atoms with Crippen LogP contribution in [-0.2, 0) is 0 Å². The average molecular weight is 664 g/mol. The minimum absolute atomic E-state index is 0.890. The van der Waals surface area contributed by atoms with Crippen LogP contribution < -0.4 is 4.90 Å². The van der Waals surface area contributed by atoms with E-state index in [4.69, 9.17) is 4.42 Å². The maximum absolute atomic E-state index is 6.58. The van der Waals surface area contributed by atoms with E-state index in [2.05, 4.69) is 205 Å². The highest BCUT2D eigenvalue weighted by molar-refractivity contribution is 6.19. The molecule has 0 fully saturated rings. The summed E-state index contributed by atoms with van der Waals surface area (Å²) in [5.74, 6) is 0. The van der Waals surface area contributed by atoms with Crippen molar-refractivity contribution in [3.8, 4) is 33.4 Å². The highest BCUT2D eigenvalue weighted by Gasteiger charge is 2.17. The summed E-state index contributed by atoms with van der Waals surface area (Å²) in [7, 11) is 0. The molecule has 10 aromatic rings. The van der Waals surface area contributed by atoms with Gasteiger partial charge >= 0.3 is 0 Å². The van der Waals surface area contributed by atoms with E-state index in [9.17, 15) is 0 Å². The lowest BCUT2D eigenvalue weighted by Gasteiger charge is -2.26. The van der Waals surface area contributed by atoms with Gasteiger partial charge < -0.3 is 9.32 Å². The lowest BCUT2D eigenvalue weighted by Crippen LogP contribution is -2.09. The quantitative estimate of drug-likeness (QED) is 0.176. The summed E-state index contributed by atoms with van der Waals surface area (Å²) in [5, 5.41) is 7.07. The van der Waals surface area contributed by atoms with Gasteiger partial charge in [-0.05, 0) is 116 Å². The van der Waals surface area contributed by atoms with E-state index in [1.54, 1.807) is 0 Å². The molecular formula is C50H33NO. The van der Waals surface area contributed by atoms with Gasteiger partial charge in [0, 0.05) is 27.8 Å². The molecule has 0 bridgehead atoms. The fourth-order valence-corrected chi connectivity index (χ4v) is 7.58. The molecular weight excluding hydrogens is 631 g/mol. The van der Waals surface area contributed by atoms with Gasteiger partial charge in [-0.15, -0.1) is 0 Å². The molecule has 0 aliphatic heterocycles. The Balaban J connectivity index is 1.10. The Labute approximate surface area is 302 Å². The minimum atomic E-state index is 0.890. The number of anilines is 3. The minimum Gasteiger partial charge on any atom is -0.456 e. The normalized spacial score (nSPS) is 11.5. The number of furan rings is 1. The van der Waals surface area contributed by atoms with Gasteiger partial charge in [0.05, 0.1) is 0 Å². The largest absolute Gasteiger partial charge is 0.456 e. The smallest absolute Gasteiger partial charge is 0.136 e. The Morgan fingerprint density at radius 3 is 1.46 bits per heavy atom. The third-order valence-corrected chi connectivity index (χ3v) is 10.2. The van der Waals surface area contributed by atoms with Crippen molar-refractivity contribution < 1.29 is 4.42 Å². The lowest BCUT2D eigenvalue weighted by molar-refractivity contribution is 0.669. The van der Waals surface area contributed by atoms with Crippen molar-refractivity contribution in [2.75, 3.05) is 4.90 Å². The molecule has 52 heavy (non-hydrogen) atoms. The van der Waals surface area contributed by atoms with Crippen molar-refractivity contribution >= 4 is 60.5 Å². The fourth-order valence-electron chi connectivity index (χ4n) is 7.58. The molecule has 0 amide bonds. The molecule has 0 unspecified atom stereocenters. The van der Waals surface area contributed by atoms with Gasteiger partial charge in [-0.2, -0.15) is 0 Å². The molecule has 0 radical (unpaired) electrons. The molecule has 0 spiro atoms. The molecule has 9 aromatic carbocycles. The first-order chi connectivity index (χ1) is 25.7. The molecule has 1 aromatic heterocycles. The van der Waals surface area contributed by atoms with E-state index in [1.165, 1.54) is 49.4 Å². The summed E-state index contributed by atoms with van der Waals surface area (Å²) < 4.78 is 6.58. The van der Waals surface area contributed by atoms with Crippen LogP contribution in [0.1, 0.15) is 0 Å². The summed E-state index contributed by atoms with van der Waals surface area (Å²) >= 11 is 0. The molecule has 0 aliphatic carbocycles. The summed E-state index contributed by atoms with van der Waals surface area (Å²) in [6.45, 7) is 0. The first-order valence-electron chi connectivity index (χ1n) is 17.7. The number of hydrogen-bond donors (Lipinski definition) is 0. The number of rotatable bonds is 6. The first-order valence-corrected chi connectivity index (χ1v) is 17.7. The standard InChI is InChI=1S/C50H33NO/c1-3-9-34(10-4-1)37-17-24-43(25-18-37)51(44-26-19-38(20-27-44)35-11-5-2-6-12-35)45-28-21-39-23-30-48-50(47(39)33-45)46-29-22-42(32-49(46)52-48)41-16-15-36-13-7-8-14-40(36)31-41/h1-33H. The van der Waals surface area contributed by atoms with Crippen molar-refractivity contribution in [1.82, 2.24) is 0 Å². The number of benzene rings is 9. The van der Waals surface area contributed by atoms with Gasteiger partial charge in [-0.1, -0.05) is 140 Å². The van der Waals surface area contributed by atoms with Crippen LogP contribution in [0.15, 0.2) is 205 Å². The third-order valence-electron chi connectivity index (χ3n) is 10.2. The van der Waals surface area contributed by atoms with Crippen LogP contribution in [0, 0.1) is 0 Å². The Morgan fingerprint density at radius 2 is 0.788 bits per heavy atom. The second-order valence-electron chi connectivity index (χ2n) is 13.4. The molecule has 0 aliphatic rings. The van der Waals surface area contributed by atoms with Crippen LogP contribution in [0.5, 0.6) is 0 Å². The molecule has 10 rings (SSSR count). The molecule has 1 heterocycles. The van der Waals surface area contributed by atoms with Crippen molar-refractivity contribution in [3.05, 3.63) is 200 Å². The zero-order chi connectivity index (χ0) is 34.4. The highest BCUT2D eigenvalue weighted by atomic mass is 16.3. The molecule has 0 atom stereocenters. The van der Waals surface area contributed by atoms with Crippen LogP contribution in [0.4, 0.5) is 17.1 Å². The molecule has 0 saturated carbocycles. The van der Waals surface area contributed by atoms with E-state index < -0.39 is 0 Å². The SMILES string of the molecule is c1ccc(-c2ccc(N(c3ccc(-c4ccccc4)cc3)c3ccc4ccc5oc6cc(-c7ccc8ccccc8c7)ccc6c5c4c3)cc2)cc1. The van der Waals surface area contributed by atoms with Crippen LogP contribution in [0.2, 0.25) is 0 Å². The van der Waals surface area contributed by atoms with E-state index in [-0.39, 0.29) is 0 Å². The van der Waals surface area contributed by atoms with Gasteiger partial charge in [-0.25, -0.2) is 0 Å². The lowest BCUT2D eigenvalue weighted by atomic mass is 9.98. The van der Waals surface area contributed by atoms with Crippen molar-refractivity contribution in [2.45, 2.75) is 0 Å². The molecule has 2 heteroatoms. The van der Waals surface area contributed by atoms with Gasteiger partial charge in [0.15, 0.2) is 0 Å². The number of nitrogens with zero attached hydrogens (tertiary/aromatic N) is 1. The predicted molar refractivity (Wildman–Crippen MR) is 220 cm³/mol. The average Bonchev–Trinajstić information content (AvgIpc) is 3.60. The van der Waals surface area contributed by atoms with Crippen molar-refractivity contribution in [2.24, 2.45) is 0 Å². The van der Waals surface area contributed by atoms with Crippen LogP contribution in [-0.4, -0.2) is 0 Å². The Bertz CT molecular complexity index is 2790. The van der Waals surface area contributed by atoms with Crippen LogP contribution in [0.3, 0.4) is 0 Å². The molecule has 244 valence electrons. The summed E-state index contributed by atoms with van der Waals surface area (Å²) in [4.78, 5) is 2.35. The van der Waals surface area contributed by atoms with Gasteiger partial charge in [0.2, 0.25) is 0 Å². The predicted octanol–water partition coefficient (Wildman–Crippen LogP) is 14.4. The Kier molecular flexibility index (Phi) is 7.18. The van der Waals surface area contributed by atoms with E-state index in [1.807, 2.05) is 0 Å². The molecule has 0 N–H and O–H groups in total. The zero-order valence-corrected chi connectivity index (χ0v) is 28.4. The summed E-state index contributed by atoms with van der Waals surface area (Å²) in [5.41, 5.74) is 12.2. The highest BCUT2D eigenvalue weighted by Crippen LogP contribution is 2.42. The Morgan fingerprint density at radius 1 is 0.288 bits per heavy atom. The first kappa shape index (κ1) is 30.0. The number of hydrogen-bond acceptors (Lipinski definition) is 2. The fraction of sp³-hybridized carbons (Fsp3) is 0. The monoisotopic (exact) mass is 663 g/mol. The van der Waals surface area contributed by atoms with Crippen LogP contribution >= 0.6 is 0 Å². The maximum Gasteiger partial charge on any atom is 0.136 e. The summed E-state index contributed by atoms with van der Waals surface area (Å²) in [6, 6.07) is 71.7. The molecule has 0 saturated heterocycles. The van der Waals surface area contributed by atoms with Gasteiger partial charge in [-0.3, -0.25) is 0 Å². The third kappa shape index (κ3) is 5.30. The number of fused-ring (bicyclic) bond motifs is 6. The maximum atomic E-state index is 6.58. The van der Waals surface area contributed by atoms with Crippen molar-refractivity contribution in [1.29, 1.82) is 0 Å². The second kappa shape index (κ2) is 12.5. The van der Waals surface area contributed by atoms with E-state index in [0.717, 1.165) is 44.6 Å². The van der Waals surface area contributed by atoms with Gasteiger partial charge in [0.25, 0.3) is 0 Å². The molecule has 2 nitrogen and oxygen atoms in total. The van der Waals surface area contributed by atoms with Crippen molar-refractivity contribution in [3.63, 3.8) is 0 Å². The zero-order valence-electron chi connectivity index (χ0n) is 28.4. The van der Waals surface area contributed by atoms with Crippen LogP contribution in [0.25, 0.3) is 76.9 Å². The van der Waals surface area contributed by atoms with E-state index in [0.29, 0.717) is 0 Å². The Hall–Kier alpha value is -6.90. The van der Waals surface area contributed by atoms with Gasteiger partial charge in [0.1, 0.15) is 11.2 Å².